The number of amides is 1. The number of hydrogen-bond donors (Lipinski definition) is 0. The zero-order chi connectivity index (χ0) is 10.8. The Balaban J connectivity index is 2.11. The molecule has 1 heterocycles. The number of likely N-dealkylation sites (tertiary alicyclic amines) is 1. The van der Waals surface area contributed by atoms with Crippen molar-refractivity contribution in [3.05, 3.63) is 34.3 Å². The monoisotopic (exact) mass is 271 g/mol. The SMILES string of the molecule is O=C(c1ccc(Br)cc1)N1CC[C@H](F)C1. The lowest BCUT2D eigenvalue weighted by Crippen LogP contribution is -2.28. The van der Waals surface area contributed by atoms with Crippen LogP contribution in [-0.4, -0.2) is 30.1 Å². The number of carbonyl (C=O) groups excluding carboxylic acids is 1. The molecule has 15 heavy (non-hydrogen) atoms. The second kappa shape index (κ2) is 4.31. The smallest absolute Gasteiger partial charge is 0.253 e. The van der Waals surface area contributed by atoms with E-state index in [1.807, 2.05) is 12.1 Å². The van der Waals surface area contributed by atoms with Crippen LogP contribution >= 0.6 is 15.9 Å². The van der Waals surface area contributed by atoms with Gasteiger partial charge in [0.05, 0.1) is 6.54 Å². The van der Waals surface area contributed by atoms with Crippen LogP contribution in [0.1, 0.15) is 16.8 Å². The molecule has 0 spiro atoms. The van der Waals surface area contributed by atoms with Crippen LogP contribution in [0.5, 0.6) is 0 Å². The first kappa shape index (κ1) is 10.6. The Labute approximate surface area is 96.2 Å². The molecule has 0 N–H and O–H groups in total. The molecule has 4 heteroatoms. The lowest BCUT2D eigenvalue weighted by atomic mass is 10.2. The van der Waals surface area contributed by atoms with Gasteiger partial charge in [0.2, 0.25) is 0 Å². The van der Waals surface area contributed by atoms with Gasteiger partial charge >= 0.3 is 0 Å². The van der Waals surface area contributed by atoms with Gasteiger partial charge in [-0.2, -0.15) is 0 Å². The summed E-state index contributed by atoms with van der Waals surface area (Å²) in [6.07, 6.45) is -0.396. The predicted octanol–water partition coefficient (Wildman–Crippen LogP) is 2.63. The fourth-order valence-corrected chi connectivity index (χ4v) is 1.94. The third-order valence-electron chi connectivity index (χ3n) is 2.51. The zero-order valence-corrected chi connectivity index (χ0v) is 9.71. The van der Waals surface area contributed by atoms with Gasteiger partial charge < -0.3 is 4.90 Å². The average Bonchev–Trinajstić information content (AvgIpc) is 2.65. The van der Waals surface area contributed by atoms with Crippen molar-refractivity contribution in [2.45, 2.75) is 12.6 Å². The van der Waals surface area contributed by atoms with E-state index < -0.39 is 6.17 Å². The van der Waals surface area contributed by atoms with E-state index in [9.17, 15) is 9.18 Å². The molecule has 1 aromatic carbocycles. The molecule has 1 fully saturated rings. The van der Waals surface area contributed by atoms with Crippen molar-refractivity contribution in [2.24, 2.45) is 0 Å². The van der Waals surface area contributed by atoms with Crippen molar-refractivity contribution >= 4 is 21.8 Å². The summed E-state index contributed by atoms with van der Waals surface area (Å²) in [7, 11) is 0. The highest BCUT2D eigenvalue weighted by molar-refractivity contribution is 9.10. The number of halogens is 2. The number of alkyl halides is 1. The quantitative estimate of drug-likeness (QED) is 0.769. The molecule has 0 aromatic heterocycles. The van der Waals surface area contributed by atoms with Crippen LogP contribution < -0.4 is 0 Å². The maximum atomic E-state index is 12.9. The van der Waals surface area contributed by atoms with Gasteiger partial charge in [-0.05, 0) is 30.7 Å². The minimum atomic E-state index is -0.857. The van der Waals surface area contributed by atoms with E-state index in [0.717, 1.165) is 4.47 Å². The summed E-state index contributed by atoms with van der Waals surface area (Å²) in [5.74, 6) is -0.0809. The van der Waals surface area contributed by atoms with E-state index >= 15 is 0 Å². The molecule has 0 bridgehead atoms. The normalized spacial score (nSPS) is 20.7. The third kappa shape index (κ3) is 2.37. The van der Waals surface area contributed by atoms with Crippen LogP contribution in [0.15, 0.2) is 28.7 Å². The Morgan fingerprint density at radius 3 is 2.60 bits per heavy atom. The second-order valence-electron chi connectivity index (χ2n) is 3.64. The standard InChI is InChI=1S/C11H11BrFNO/c12-9-3-1-8(2-4-9)11(15)14-6-5-10(13)7-14/h1-4,10H,5-7H2/t10-/m0/s1. The molecule has 2 rings (SSSR count). The first-order valence-electron chi connectivity index (χ1n) is 4.86. The Bertz CT molecular complexity index is 365. The molecule has 0 radical (unpaired) electrons. The van der Waals surface area contributed by atoms with Crippen molar-refractivity contribution in [2.75, 3.05) is 13.1 Å². The van der Waals surface area contributed by atoms with Crippen molar-refractivity contribution in [3.8, 4) is 0 Å². The first-order valence-corrected chi connectivity index (χ1v) is 5.65. The highest BCUT2D eigenvalue weighted by Crippen LogP contribution is 2.17. The average molecular weight is 272 g/mol. The molecule has 1 aliphatic rings. The van der Waals surface area contributed by atoms with Crippen LogP contribution in [0.3, 0.4) is 0 Å². The maximum Gasteiger partial charge on any atom is 0.253 e. The fourth-order valence-electron chi connectivity index (χ4n) is 1.68. The molecule has 1 saturated heterocycles. The molecular formula is C11H11BrFNO. The molecule has 1 atom stereocenters. The van der Waals surface area contributed by atoms with Gasteiger partial charge in [-0.1, -0.05) is 15.9 Å². The van der Waals surface area contributed by atoms with Gasteiger partial charge in [0.25, 0.3) is 5.91 Å². The molecule has 1 aliphatic heterocycles. The Hall–Kier alpha value is -0.900. The summed E-state index contributed by atoms with van der Waals surface area (Å²) >= 11 is 3.30. The van der Waals surface area contributed by atoms with E-state index in [1.54, 1.807) is 17.0 Å². The van der Waals surface area contributed by atoms with E-state index in [1.165, 1.54) is 0 Å². The van der Waals surface area contributed by atoms with Gasteiger partial charge in [-0.3, -0.25) is 4.79 Å². The Kier molecular flexibility index (Phi) is 3.05. The van der Waals surface area contributed by atoms with Crippen molar-refractivity contribution in [1.82, 2.24) is 4.90 Å². The Morgan fingerprint density at radius 2 is 2.07 bits per heavy atom. The van der Waals surface area contributed by atoms with Gasteiger partial charge in [0.15, 0.2) is 0 Å². The van der Waals surface area contributed by atoms with Crippen LogP contribution in [0.2, 0.25) is 0 Å². The molecule has 1 amide bonds. The molecule has 0 saturated carbocycles. The van der Waals surface area contributed by atoms with Crippen molar-refractivity contribution < 1.29 is 9.18 Å². The lowest BCUT2D eigenvalue weighted by Gasteiger charge is -2.14. The van der Waals surface area contributed by atoms with Crippen molar-refractivity contribution in [1.29, 1.82) is 0 Å². The number of benzene rings is 1. The highest BCUT2D eigenvalue weighted by atomic mass is 79.9. The summed E-state index contributed by atoms with van der Waals surface area (Å²) in [6.45, 7) is 0.755. The second-order valence-corrected chi connectivity index (χ2v) is 4.56. The van der Waals surface area contributed by atoms with Crippen LogP contribution in [0.4, 0.5) is 4.39 Å². The minimum absolute atomic E-state index is 0.0809. The minimum Gasteiger partial charge on any atom is -0.336 e. The number of nitrogens with zero attached hydrogens (tertiary/aromatic N) is 1. The van der Waals surface area contributed by atoms with E-state index in [4.69, 9.17) is 0 Å². The predicted molar refractivity (Wildman–Crippen MR) is 59.6 cm³/mol. The zero-order valence-electron chi connectivity index (χ0n) is 8.12. The van der Waals surface area contributed by atoms with Crippen LogP contribution in [-0.2, 0) is 0 Å². The topological polar surface area (TPSA) is 20.3 Å². The van der Waals surface area contributed by atoms with E-state index in [0.29, 0.717) is 18.5 Å². The number of hydrogen-bond acceptors (Lipinski definition) is 1. The first-order chi connectivity index (χ1) is 7.16. The lowest BCUT2D eigenvalue weighted by molar-refractivity contribution is 0.0783. The van der Waals surface area contributed by atoms with Crippen LogP contribution in [0, 0.1) is 0 Å². The van der Waals surface area contributed by atoms with Gasteiger partial charge in [-0.25, -0.2) is 4.39 Å². The summed E-state index contributed by atoms with van der Waals surface area (Å²) in [5.41, 5.74) is 0.618. The molecule has 1 aromatic rings. The summed E-state index contributed by atoms with van der Waals surface area (Å²) in [6, 6.07) is 7.13. The van der Waals surface area contributed by atoms with E-state index in [-0.39, 0.29) is 12.5 Å². The maximum absolute atomic E-state index is 12.9. The number of rotatable bonds is 1. The number of carbonyl (C=O) groups is 1. The van der Waals surface area contributed by atoms with E-state index in [2.05, 4.69) is 15.9 Å². The van der Waals surface area contributed by atoms with Crippen LogP contribution in [0.25, 0.3) is 0 Å². The van der Waals surface area contributed by atoms with Gasteiger partial charge in [-0.15, -0.1) is 0 Å². The Morgan fingerprint density at radius 1 is 1.40 bits per heavy atom. The molecule has 0 unspecified atom stereocenters. The van der Waals surface area contributed by atoms with Gasteiger partial charge in [0, 0.05) is 16.6 Å². The molecule has 80 valence electrons. The molecule has 0 aliphatic carbocycles. The van der Waals surface area contributed by atoms with Crippen molar-refractivity contribution in [3.63, 3.8) is 0 Å². The third-order valence-corrected chi connectivity index (χ3v) is 3.04. The summed E-state index contributed by atoms with van der Waals surface area (Å²) in [5, 5.41) is 0. The molecule has 2 nitrogen and oxygen atoms in total. The fraction of sp³-hybridized carbons (Fsp3) is 0.364. The highest BCUT2D eigenvalue weighted by Gasteiger charge is 2.26. The van der Waals surface area contributed by atoms with Gasteiger partial charge in [0.1, 0.15) is 6.17 Å². The molecular weight excluding hydrogens is 261 g/mol. The summed E-state index contributed by atoms with van der Waals surface area (Å²) < 4.78 is 13.8. The summed E-state index contributed by atoms with van der Waals surface area (Å²) in [4.78, 5) is 13.4. The largest absolute Gasteiger partial charge is 0.336 e.